The van der Waals surface area contributed by atoms with Crippen molar-refractivity contribution in [2.24, 2.45) is 4.99 Å². The van der Waals surface area contributed by atoms with Gasteiger partial charge in [-0.1, -0.05) is 54.1 Å². The Balaban J connectivity index is 1.54. The normalized spacial score (nSPS) is 15.1. The molecule has 8 nitrogen and oxygen atoms in total. The quantitative estimate of drug-likeness (QED) is 0.368. The third kappa shape index (κ3) is 5.73. The summed E-state index contributed by atoms with van der Waals surface area (Å²) in [5, 5.41) is 21.4. The molecule has 0 aromatic heterocycles. The van der Waals surface area contributed by atoms with Crippen molar-refractivity contribution in [1.29, 1.82) is 5.26 Å². The first-order valence-electron chi connectivity index (χ1n) is 12.2. The zero-order valence-electron chi connectivity index (χ0n) is 21.3. The van der Waals surface area contributed by atoms with Gasteiger partial charge >= 0.3 is 0 Å². The van der Waals surface area contributed by atoms with Crippen LogP contribution >= 0.6 is 11.6 Å². The number of piperidine rings is 1. The van der Waals surface area contributed by atoms with Crippen LogP contribution in [0.1, 0.15) is 46.8 Å². The molecule has 4 rings (SSSR count). The van der Waals surface area contributed by atoms with Gasteiger partial charge in [0.15, 0.2) is 0 Å². The molecular formula is C29H27ClN4O4S. The van der Waals surface area contributed by atoms with Crippen LogP contribution in [0.4, 0.5) is 11.4 Å². The molecule has 200 valence electrons. The molecule has 1 heterocycles. The number of carbonyl (C=O) groups excluding carboxylic acids is 1. The Hall–Kier alpha value is -3.97. The van der Waals surface area contributed by atoms with E-state index in [9.17, 15) is 23.6 Å². The fraction of sp³-hybridized carbons (Fsp3) is 0.207. The molecule has 3 aromatic carbocycles. The first kappa shape index (κ1) is 28.0. The van der Waals surface area contributed by atoms with E-state index in [0.717, 1.165) is 0 Å². The van der Waals surface area contributed by atoms with E-state index in [1.165, 1.54) is 24.3 Å². The number of amides is 1. The van der Waals surface area contributed by atoms with Crippen molar-refractivity contribution in [1.82, 2.24) is 4.90 Å². The number of likely N-dealkylation sites (tertiary alicyclic amines) is 1. The number of para-hydroxylation sites is 1. The SMILES string of the molecule is C=Nc1c(/C=C\C)cccc1S(=O)(=O)Nc1ccc(C(=O)N2CCC(O)(c3ccccc3Cl)CC2)c(C#N)c1. The van der Waals surface area contributed by atoms with E-state index in [4.69, 9.17) is 11.6 Å². The van der Waals surface area contributed by atoms with Crippen LogP contribution in [0.15, 0.2) is 76.6 Å². The third-order valence-corrected chi connectivity index (χ3v) is 8.44. The Kier molecular flexibility index (Phi) is 8.21. The third-order valence-electron chi connectivity index (χ3n) is 6.70. The van der Waals surface area contributed by atoms with Gasteiger partial charge in [0.1, 0.15) is 11.0 Å². The molecule has 39 heavy (non-hydrogen) atoms. The molecule has 2 N–H and O–H groups in total. The Morgan fingerprint density at radius 1 is 1.18 bits per heavy atom. The average Bonchev–Trinajstić information content (AvgIpc) is 2.93. The number of benzene rings is 3. The highest BCUT2D eigenvalue weighted by Crippen LogP contribution is 2.37. The molecule has 0 spiro atoms. The van der Waals surface area contributed by atoms with Crippen LogP contribution in [-0.4, -0.2) is 44.1 Å². The van der Waals surface area contributed by atoms with Crippen LogP contribution in [0.2, 0.25) is 5.02 Å². The second kappa shape index (κ2) is 11.4. The highest BCUT2D eigenvalue weighted by atomic mass is 35.5. The molecule has 1 aliphatic heterocycles. The van der Waals surface area contributed by atoms with Crippen molar-refractivity contribution in [3.8, 4) is 6.07 Å². The maximum atomic E-state index is 13.3. The largest absolute Gasteiger partial charge is 0.385 e. The maximum absolute atomic E-state index is 13.3. The second-order valence-corrected chi connectivity index (χ2v) is 11.2. The van der Waals surface area contributed by atoms with Crippen LogP contribution in [0.3, 0.4) is 0 Å². The van der Waals surface area contributed by atoms with E-state index in [1.807, 2.05) is 13.0 Å². The number of sulfonamides is 1. The van der Waals surface area contributed by atoms with Crippen molar-refractivity contribution in [3.63, 3.8) is 0 Å². The van der Waals surface area contributed by atoms with Gasteiger partial charge in [-0.25, -0.2) is 8.42 Å². The van der Waals surface area contributed by atoms with Gasteiger partial charge in [-0.15, -0.1) is 0 Å². The minimum Gasteiger partial charge on any atom is -0.385 e. The smallest absolute Gasteiger partial charge is 0.264 e. The van der Waals surface area contributed by atoms with E-state index in [1.54, 1.807) is 53.5 Å². The monoisotopic (exact) mass is 562 g/mol. The van der Waals surface area contributed by atoms with E-state index in [-0.39, 0.29) is 59.2 Å². The number of nitrogens with zero attached hydrogens (tertiary/aromatic N) is 3. The Labute approximate surface area is 232 Å². The van der Waals surface area contributed by atoms with E-state index < -0.39 is 15.6 Å². The van der Waals surface area contributed by atoms with E-state index in [2.05, 4.69) is 16.4 Å². The average molecular weight is 563 g/mol. The van der Waals surface area contributed by atoms with Crippen molar-refractivity contribution in [2.75, 3.05) is 17.8 Å². The number of carbonyl (C=O) groups is 1. The topological polar surface area (TPSA) is 123 Å². The summed E-state index contributed by atoms with van der Waals surface area (Å²) in [6.45, 7) is 5.84. The minimum atomic E-state index is -4.08. The summed E-state index contributed by atoms with van der Waals surface area (Å²) in [5.41, 5.74) is 0.567. The van der Waals surface area contributed by atoms with Crippen LogP contribution in [0.5, 0.6) is 0 Å². The highest BCUT2D eigenvalue weighted by molar-refractivity contribution is 7.92. The number of rotatable bonds is 7. The Morgan fingerprint density at radius 3 is 2.54 bits per heavy atom. The van der Waals surface area contributed by atoms with Gasteiger partial charge in [-0.3, -0.25) is 14.5 Å². The number of hydrogen-bond acceptors (Lipinski definition) is 6. The number of halogens is 1. The standard InChI is InChI=1S/C29H27ClN4O4S/c1-3-7-20-8-6-11-26(27(20)32-2)39(37,38)33-22-12-13-23(21(18-22)19-31)28(35)34-16-14-29(36,15-17-34)24-9-4-5-10-25(24)30/h3-13,18,33,36H,2,14-17H2,1H3/b7-3-. The van der Waals surface area contributed by atoms with Crippen molar-refractivity contribution >= 4 is 51.7 Å². The number of allylic oxidation sites excluding steroid dienone is 1. The zero-order valence-corrected chi connectivity index (χ0v) is 22.8. The van der Waals surface area contributed by atoms with E-state index in [0.29, 0.717) is 16.1 Å². The summed E-state index contributed by atoms with van der Waals surface area (Å²) in [5.74, 6) is -0.376. The van der Waals surface area contributed by atoms with Gasteiger partial charge in [0.25, 0.3) is 15.9 Å². The first-order valence-corrected chi connectivity index (χ1v) is 14.1. The second-order valence-electron chi connectivity index (χ2n) is 9.13. The number of anilines is 1. The van der Waals surface area contributed by atoms with Crippen molar-refractivity contribution in [3.05, 3.63) is 94.0 Å². The molecule has 10 heteroatoms. The predicted molar refractivity (Wildman–Crippen MR) is 153 cm³/mol. The molecule has 0 bridgehead atoms. The van der Waals surface area contributed by atoms with Gasteiger partial charge < -0.3 is 10.0 Å². The predicted octanol–water partition coefficient (Wildman–Crippen LogP) is 5.50. The number of nitriles is 1. The molecule has 1 amide bonds. The van der Waals surface area contributed by atoms with E-state index >= 15 is 0 Å². The molecule has 1 aliphatic rings. The molecule has 1 fully saturated rings. The summed E-state index contributed by atoms with van der Waals surface area (Å²) in [6, 6.07) is 18.0. The lowest BCUT2D eigenvalue weighted by atomic mass is 9.84. The molecule has 0 aliphatic carbocycles. The van der Waals surface area contributed by atoms with Gasteiger partial charge in [0, 0.05) is 29.2 Å². The fourth-order valence-corrected chi connectivity index (χ4v) is 6.25. The van der Waals surface area contributed by atoms with Crippen molar-refractivity contribution in [2.45, 2.75) is 30.3 Å². The van der Waals surface area contributed by atoms with Gasteiger partial charge in [0.05, 0.1) is 28.1 Å². The maximum Gasteiger partial charge on any atom is 0.264 e. The molecule has 1 saturated heterocycles. The van der Waals surface area contributed by atoms with Crippen LogP contribution in [0.25, 0.3) is 6.08 Å². The number of hydrogen-bond donors (Lipinski definition) is 2. The summed E-state index contributed by atoms with van der Waals surface area (Å²) in [7, 11) is -4.08. The molecule has 3 aromatic rings. The lowest BCUT2D eigenvalue weighted by Gasteiger charge is -2.39. The van der Waals surface area contributed by atoms with Crippen LogP contribution in [-0.2, 0) is 15.6 Å². The Morgan fingerprint density at radius 2 is 1.90 bits per heavy atom. The summed E-state index contributed by atoms with van der Waals surface area (Å²) in [6.07, 6.45) is 4.07. The zero-order chi connectivity index (χ0) is 28.2. The summed E-state index contributed by atoms with van der Waals surface area (Å²) < 4.78 is 28.9. The number of aliphatic imine (C=N–C) groups is 1. The van der Waals surface area contributed by atoms with Gasteiger partial charge in [-0.05, 0) is 56.8 Å². The number of aliphatic hydroxyl groups is 1. The van der Waals surface area contributed by atoms with Crippen LogP contribution < -0.4 is 4.72 Å². The number of nitrogens with one attached hydrogen (secondary N) is 1. The summed E-state index contributed by atoms with van der Waals surface area (Å²) >= 11 is 6.28. The molecule has 0 saturated carbocycles. The molecule has 0 radical (unpaired) electrons. The summed E-state index contributed by atoms with van der Waals surface area (Å²) in [4.78, 5) is 18.7. The van der Waals surface area contributed by atoms with Crippen LogP contribution in [0, 0.1) is 11.3 Å². The minimum absolute atomic E-state index is 0.0249. The molecular weight excluding hydrogens is 536 g/mol. The van der Waals surface area contributed by atoms with Crippen molar-refractivity contribution < 1.29 is 18.3 Å². The van der Waals surface area contributed by atoms with Gasteiger partial charge in [-0.2, -0.15) is 5.26 Å². The highest BCUT2D eigenvalue weighted by Gasteiger charge is 2.37. The first-order chi connectivity index (χ1) is 18.6. The lowest BCUT2D eigenvalue weighted by Crippen LogP contribution is -2.45. The van der Waals surface area contributed by atoms with Gasteiger partial charge in [0.2, 0.25) is 0 Å². The molecule has 0 unspecified atom stereocenters. The fourth-order valence-electron chi connectivity index (χ4n) is 4.69. The Bertz CT molecular complexity index is 1600. The lowest BCUT2D eigenvalue weighted by molar-refractivity contribution is -0.0210. The molecule has 0 atom stereocenters.